The highest BCUT2D eigenvalue weighted by Gasteiger charge is 2.67. The molecular weight excluding hydrogens is 368 g/mol. The lowest BCUT2D eigenvalue weighted by Crippen LogP contribution is -2.86. The summed E-state index contributed by atoms with van der Waals surface area (Å²) in [6.45, 7) is 2.36. The number of likely N-dealkylation sites (tertiary alicyclic amines) is 2. The molecule has 4 rings (SSSR count). The summed E-state index contributed by atoms with van der Waals surface area (Å²) < 4.78 is 5.04. The standard InChI is InChI=1S/C23H26N2O4/c1-16(27)24-14-23(15-24)22(20(12-26)25(23)21(28)13-29-2)19-10-8-18(9-11-19)17-6-4-3-5-7-17/h3-11,20,22,26H,12-15H2,1-2H3/t20-,22+/m0/s1. The van der Waals surface area contributed by atoms with Gasteiger partial charge in [-0.2, -0.15) is 0 Å². The van der Waals surface area contributed by atoms with Crippen LogP contribution in [0, 0.1) is 0 Å². The number of hydrogen-bond donors (Lipinski definition) is 1. The predicted octanol–water partition coefficient (Wildman–Crippen LogP) is 1.89. The quantitative estimate of drug-likeness (QED) is 0.841. The largest absolute Gasteiger partial charge is 0.394 e. The summed E-state index contributed by atoms with van der Waals surface area (Å²) in [6, 6.07) is 18.1. The summed E-state index contributed by atoms with van der Waals surface area (Å²) in [4.78, 5) is 28.0. The molecule has 1 N–H and O–H groups in total. The van der Waals surface area contributed by atoms with E-state index in [2.05, 4.69) is 36.4 Å². The van der Waals surface area contributed by atoms with Crippen LogP contribution in [0.1, 0.15) is 18.4 Å². The molecule has 2 fully saturated rings. The molecule has 6 heteroatoms. The van der Waals surface area contributed by atoms with Crippen LogP contribution in [-0.4, -0.2) is 71.7 Å². The molecule has 2 aliphatic rings. The topological polar surface area (TPSA) is 70.1 Å². The van der Waals surface area contributed by atoms with Gasteiger partial charge in [0.2, 0.25) is 11.8 Å². The Balaban J connectivity index is 1.64. The van der Waals surface area contributed by atoms with E-state index in [0.717, 1.165) is 16.7 Å². The van der Waals surface area contributed by atoms with Crippen LogP contribution >= 0.6 is 0 Å². The molecule has 0 unspecified atom stereocenters. The maximum absolute atomic E-state index is 12.7. The van der Waals surface area contributed by atoms with Crippen LogP contribution < -0.4 is 0 Å². The Morgan fingerprint density at radius 2 is 1.69 bits per heavy atom. The number of methoxy groups -OCH3 is 1. The van der Waals surface area contributed by atoms with E-state index in [0.29, 0.717) is 13.1 Å². The van der Waals surface area contributed by atoms with Gasteiger partial charge in [0, 0.05) is 33.0 Å². The fourth-order valence-corrected chi connectivity index (χ4v) is 4.95. The van der Waals surface area contributed by atoms with Crippen LogP contribution in [0.4, 0.5) is 0 Å². The summed E-state index contributed by atoms with van der Waals surface area (Å²) in [5, 5.41) is 10.0. The average molecular weight is 394 g/mol. The van der Waals surface area contributed by atoms with E-state index >= 15 is 0 Å². The average Bonchev–Trinajstić information content (AvgIpc) is 2.67. The molecule has 0 saturated carbocycles. The number of aliphatic hydroxyl groups excluding tert-OH is 1. The third-order valence-corrected chi connectivity index (χ3v) is 6.25. The molecule has 152 valence electrons. The minimum Gasteiger partial charge on any atom is -0.394 e. The fourth-order valence-electron chi connectivity index (χ4n) is 4.95. The highest BCUT2D eigenvalue weighted by atomic mass is 16.5. The normalized spacial score (nSPS) is 22.2. The van der Waals surface area contributed by atoms with Crippen molar-refractivity contribution in [2.24, 2.45) is 0 Å². The molecule has 6 nitrogen and oxygen atoms in total. The number of ether oxygens (including phenoxy) is 1. The van der Waals surface area contributed by atoms with Gasteiger partial charge in [-0.05, 0) is 16.7 Å². The summed E-state index contributed by atoms with van der Waals surface area (Å²) in [7, 11) is 1.49. The molecule has 0 radical (unpaired) electrons. The van der Waals surface area contributed by atoms with Crippen molar-refractivity contribution in [3.05, 3.63) is 60.2 Å². The van der Waals surface area contributed by atoms with Crippen molar-refractivity contribution in [3.8, 4) is 11.1 Å². The number of aliphatic hydroxyl groups is 1. The lowest BCUT2D eigenvalue weighted by Gasteiger charge is -2.70. The number of carbonyl (C=O) groups is 2. The number of amides is 2. The van der Waals surface area contributed by atoms with E-state index in [1.807, 2.05) is 18.2 Å². The second-order valence-corrected chi connectivity index (χ2v) is 7.89. The zero-order valence-corrected chi connectivity index (χ0v) is 16.7. The number of rotatable bonds is 5. The highest BCUT2D eigenvalue weighted by molar-refractivity contribution is 5.83. The Labute approximate surface area is 170 Å². The van der Waals surface area contributed by atoms with Crippen LogP contribution in [0.25, 0.3) is 11.1 Å². The summed E-state index contributed by atoms with van der Waals surface area (Å²) in [5.41, 5.74) is 2.87. The van der Waals surface area contributed by atoms with Gasteiger partial charge in [0.15, 0.2) is 0 Å². The van der Waals surface area contributed by atoms with Crippen LogP contribution in [0.15, 0.2) is 54.6 Å². The molecule has 2 aromatic carbocycles. The van der Waals surface area contributed by atoms with E-state index in [-0.39, 0.29) is 37.0 Å². The van der Waals surface area contributed by atoms with Gasteiger partial charge in [-0.3, -0.25) is 9.59 Å². The Bertz CT molecular complexity index is 891. The first-order valence-electron chi connectivity index (χ1n) is 9.84. The van der Waals surface area contributed by atoms with Crippen molar-refractivity contribution in [2.45, 2.75) is 24.4 Å². The molecule has 1 spiro atoms. The van der Waals surface area contributed by atoms with E-state index < -0.39 is 5.54 Å². The number of carbonyl (C=O) groups excluding carboxylic acids is 2. The fraction of sp³-hybridized carbons (Fsp3) is 0.391. The Morgan fingerprint density at radius 1 is 1.07 bits per heavy atom. The molecule has 2 amide bonds. The second-order valence-electron chi connectivity index (χ2n) is 7.89. The molecule has 2 aliphatic heterocycles. The first-order valence-corrected chi connectivity index (χ1v) is 9.84. The molecule has 2 saturated heterocycles. The maximum Gasteiger partial charge on any atom is 0.249 e. The van der Waals surface area contributed by atoms with Gasteiger partial charge in [-0.15, -0.1) is 0 Å². The van der Waals surface area contributed by atoms with Crippen LogP contribution in [0.3, 0.4) is 0 Å². The van der Waals surface area contributed by atoms with Gasteiger partial charge in [0.05, 0.1) is 18.2 Å². The number of benzene rings is 2. The van der Waals surface area contributed by atoms with Crippen molar-refractivity contribution in [3.63, 3.8) is 0 Å². The van der Waals surface area contributed by atoms with Gasteiger partial charge < -0.3 is 19.6 Å². The van der Waals surface area contributed by atoms with Crippen LogP contribution in [-0.2, 0) is 14.3 Å². The Kier molecular flexibility index (Phi) is 5.15. The van der Waals surface area contributed by atoms with Gasteiger partial charge in [-0.1, -0.05) is 54.6 Å². The molecule has 2 aromatic rings. The van der Waals surface area contributed by atoms with Gasteiger partial charge in [-0.25, -0.2) is 0 Å². The first-order chi connectivity index (χ1) is 14.0. The maximum atomic E-state index is 12.7. The molecule has 0 bridgehead atoms. The van der Waals surface area contributed by atoms with E-state index in [1.165, 1.54) is 7.11 Å². The third kappa shape index (κ3) is 3.12. The first kappa shape index (κ1) is 19.6. The smallest absolute Gasteiger partial charge is 0.249 e. The van der Waals surface area contributed by atoms with Crippen LogP contribution in [0.2, 0.25) is 0 Å². The SMILES string of the molecule is COCC(=O)N1[C@@H](CO)[C@@H](c2ccc(-c3ccccc3)cc2)C12CN(C(C)=O)C2. The summed E-state index contributed by atoms with van der Waals surface area (Å²) in [6.07, 6.45) is 0. The van der Waals surface area contributed by atoms with Crippen molar-refractivity contribution in [2.75, 3.05) is 33.4 Å². The van der Waals surface area contributed by atoms with Crippen molar-refractivity contribution >= 4 is 11.8 Å². The van der Waals surface area contributed by atoms with Crippen molar-refractivity contribution < 1.29 is 19.4 Å². The van der Waals surface area contributed by atoms with E-state index in [4.69, 9.17) is 4.74 Å². The second kappa shape index (κ2) is 7.61. The Hall–Kier alpha value is -2.70. The van der Waals surface area contributed by atoms with Gasteiger partial charge in [0.25, 0.3) is 0 Å². The molecule has 0 aliphatic carbocycles. The molecule has 2 atom stereocenters. The van der Waals surface area contributed by atoms with Crippen molar-refractivity contribution in [1.82, 2.24) is 9.80 Å². The minimum atomic E-state index is -0.469. The molecule has 2 heterocycles. The minimum absolute atomic E-state index is 0.000361. The number of hydrogen-bond acceptors (Lipinski definition) is 4. The zero-order valence-electron chi connectivity index (χ0n) is 16.7. The summed E-state index contributed by atoms with van der Waals surface area (Å²) in [5.74, 6) is -0.166. The predicted molar refractivity (Wildman–Crippen MR) is 109 cm³/mol. The zero-order chi connectivity index (χ0) is 20.6. The lowest BCUT2D eigenvalue weighted by atomic mass is 9.60. The molecule has 0 aromatic heterocycles. The molecule has 29 heavy (non-hydrogen) atoms. The monoisotopic (exact) mass is 394 g/mol. The van der Waals surface area contributed by atoms with E-state index in [9.17, 15) is 14.7 Å². The van der Waals surface area contributed by atoms with Gasteiger partial charge in [0.1, 0.15) is 6.61 Å². The number of nitrogens with zero attached hydrogens (tertiary/aromatic N) is 2. The van der Waals surface area contributed by atoms with Crippen molar-refractivity contribution in [1.29, 1.82) is 0 Å². The lowest BCUT2D eigenvalue weighted by molar-refractivity contribution is -0.204. The van der Waals surface area contributed by atoms with E-state index in [1.54, 1.807) is 16.7 Å². The van der Waals surface area contributed by atoms with Crippen LogP contribution in [0.5, 0.6) is 0 Å². The third-order valence-electron chi connectivity index (χ3n) is 6.25. The van der Waals surface area contributed by atoms with Gasteiger partial charge >= 0.3 is 0 Å². The Morgan fingerprint density at radius 3 is 2.24 bits per heavy atom. The molecular formula is C23H26N2O4. The summed E-state index contributed by atoms with van der Waals surface area (Å²) >= 11 is 0. The highest BCUT2D eigenvalue weighted by Crippen LogP contribution is 2.54.